The summed E-state index contributed by atoms with van der Waals surface area (Å²) in [6, 6.07) is 7.60. The minimum atomic E-state index is -0.367. The van der Waals surface area contributed by atoms with Gasteiger partial charge >= 0.3 is 5.97 Å². The first-order valence-electron chi connectivity index (χ1n) is 5.04. The fourth-order valence-corrected chi connectivity index (χ4v) is 2.72. The first-order chi connectivity index (χ1) is 8.27. The molecular formula is C12H9NO2S2. The molecule has 0 spiro atoms. The van der Waals surface area contributed by atoms with Crippen molar-refractivity contribution in [2.45, 2.75) is 6.92 Å². The number of isothiocyanates is 1. The summed E-state index contributed by atoms with van der Waals surface area (Å²) < 4.78 is 6.01. The maximum Gasteiger partial charge on any atom is 0.341 e. The fraction of sp³-hybridized carbons (Fsp3) is 0.167. The van der Waals surface area contributed by atoms with E-state index in [-0.39, 0.29) is 5.97 Å². The lowest BCUT2D eigenvalue weighted by Crippen LogP contribution is -2.03. The van der Waals surface area contributed by atoms with E-state index in [0.717, 1.165) is 10.1 Å². The first kappa shape index (κ1) is 11.9. The molecular weight excluding hydrogens is 254 g/mol. The molecule has 3 nitrogen and oxygen atoms in total. The lowest BCUT2D eigenvalue weighted by Gasteiger charge is -2.00. The van der Waals surface area contributed by atoms with Gasteiger partial charge in [-0.15, -0.1) is 11.3 Å². The second kappa shape index (κ2) is 5.19. The van der Waals surface area contributed by atoms with Gasteiger partial charge in [0.25, 0.3) is 0 Å². The molecule has 0 aliphatic heterocycles. The van der Waals surface area contributed by atoms with E-state index < -0.39 is 0 Å². The number of rotatable bonds is 3. The van der Waals surface area contributed by atoms with Gasteiger partial charge in [-0.2, -0.15) is 4.99 Å². The van der Waals surface area contributed by atoms with Crippen molar-refractivity contribution in [3.63, 3.8) is 0 Å². The molecule has 0 N–H and O–H groups in total. The Balaban J connectivity index is 2.67. The molecule has 0 fully saturated rings. The SMILES string of the molecule is CCOC(=O)c1c(N=C=S)sc2ccccc12. The summed E-state index contributed by atoms with van der Waals surface area (Å²) in [5, 5.41) is 3.70. The number of carbonyl (C=O) groups excluding carboxylic acids is 1. The van der Waals surface area contributed by atoms with Gasteiger partial charge in [0, 0.05) is 10.1 Å². The Morgan fingerprint density at radius 3 is 3.00 bits per heavy atom. The number of esters is 1. The van der Waals surface area contributed by atoms with Gasteiger partial charge in [0.15, 0.2) is 0 Å². The van der Waals surface area contributed by atoms with Crippen LogP contribution in [-0.4, -0.2) is 17.7 Å². The summed E-state index contributed by atoms with van der Waals surface area (Å²) in [5.41, 5.74) is 0.477. The molecule has 0 bridgehead atoms. The van der Waals surface area contributed by atoms with Gasteiger partial charge in [-0.05, 0) is 25.2 Å². The van der Waals surface area contributed by atoms with Crippen LogP contribution in [-0.2, 0) is 4.74 Å². The lowest BCUT2D eigenvalue weighted by atomic mass is 10.1. The molecule has 86 valence electrons. The first-order valence-corrected chi connectivity index (χ1v) is 6.27. The molecule has 0 aliphatic rings. The highest BCUT2D eigenvalue weighted by atomic mass is 32.1. The number of hydrogen-bond acceptors (Lipinski definition) is 5. The highest BCUT2D eigenvalue weighted by molar-refractivity contribution is 7.78. The zero-order valence-corrected chi connectivity index (χ0v) is 10.7. The Labute approximate surface area is 108 Å². The van der Waals surface area contributed by atoms with Crippen LogP contribution in [0.1, 0.15) is 17.3 Å². The summed E-state index contributed by atoms with van der Waals surface area (Å²) in [6.07, 6.45) is 0. The highest BCUT2D eigenvalue weighted by Gasteiger charge is 2.19. The van der Waals surface area contributed by atoms with Crippen LogP contribution < -0.4 is 0 Å². The Bertz CT molecular complexity index is 612. The van der Waals surface area contributed by atoms with Crippen LogP contribution in [0.25, 0.3) is 10.1 Å². The number of benzene rings is 1. The third kappa shape index (κ3) is 2.26. The van der Waals surface area contributed by atoms with Crippen LogP contribution in [0.2, 0.25) is 0 Å². The zero-order chi connectivity index (χ0) is 12.3. The van der Waals surface area contributed by atoms with Crippen LogP contribution in [0.4, 0.5) is 5.00 Å². The number of carbonyl (C=O) groups is 1. The molecule has 0 atom stereocenters. The number of thiocarbonyl (C=S) groups is 1. The Morgan fingerprint density at radius 1 is 1.53 bits per heavy atom. The number of thiophene rings is 1. The number of nitrogens with zero attached hydrogens (tertiary/aromatic N) is 1. The maximum absolute atomic E-state index is 11.9. The number of fused-ring (bicyclic) bond motifs is 1. The van der Waals surface area contributed by atoms with Gasteiger partial charge < -0.3 is 4.74 Å². The van der Waals surface area contributed by atoms with E-state index in [9.17, 15) is 4.79 Å². The normalized spacial score (nSPS) is 9.94. The van der Waals surface area contributed by atoms with E-state index >= 15 is 0 Å². The molecule has 0 saturated heterocycles. The minimum Gasteiger partial charge on any atom is -0.462 e. The van der Waals surface area contributed by atoms with Gasteiger partial charge in [0.2, 0.25) is 0 Å². The number of ether oxygens (including phenoxy) is 1. The number of hydrogen-bond donors (Lipinski definition) is 0. The van der Waals surface area contributed by atoms with Crippen molar-refractivity contribution >= 4 is 49.8 Å². The topological polar surface area (TPSA) is 38.7 Å². The van der Waals surface area contributed by atoms with Crippen molar-refractivity contribution in [1.29, 1.82) is 0 Å². The highest BCUT2D eigenvalue weighted by Crippen LogP contribution is 2.37. The molecule has 1 aromatic carbocycles. The molecule has 17 heavy (non-hydrogen) atoms. The van der Waals surface area contributed by atoms with Crippen molar-refractivity contribution in [3.05, 3.63) is 29.8 Å². The number of aliphatic imine (C=N–C) groups is 1. The third-order valence-corrected chi connectivity index (χ3v) is 3.36. The van der Waals surface area contributed by atoms with Crippen LogP contribution in [0.3, 0.4) is 0 Å². The van der Waals surface area contributed by atoms with Gasteiger partial charge in [0.1, 0.15) is 10.6 Å². The average Bonchev–Trinajstić information content (AvgIpc) is 2.67. The van der Waals surface area contributed by atoms with Crippen molar-refractivity contribution in [2.75, 3.05) is 6.61 Å². The van der Waals surface area contributed by atoms with Gasteiger partial charge in [-0.3, -0.25) is 0 Å². The molecule has 1 heterocycles. The van der Waals surface area contributed by atoms with E-state index in [1.165, 1.54) is 11.3 Å². The monoisotopic (exact) mass is 263 g/mol. The molecule has 0 unspecified atom stereocenters. The third-order valence-electron chi connectivity index (χ3n) is 2.20. The van der Waals surface area contributed by atoms with Crippen molar-refractivity contribution in [3.8, 4) is 0 Å². The molecule has 1 aromatic heterocycles. The van der Waals surface area contributed by atoms with Gasteiger partial charge in [-0.1, -0.05) is 18.2 Å². The van der Waals surface area contributed by atoms with Gasteiger partial charge in [0.05, 0.1) is 11.8 Å². The second-order valence-electron chi connectivity index (χ2n) is 3.20. The van der Waals surface area contributed by atoms with E-state index in [2.05, 4.69) is 22.4 Å². The summed E-state index contributed by atoms with van der Waals surface area (Å²) in [4.78, 5) is 15.8. The van der Waals surface area contributed by atoms with Crippen molar-refractivity contribution in [1.82, 2.24) is 0 Å². The van der Waals surface area contributed by atoms with E-state index in [0.29, 0.717) is 17.2 Å². The van der Waals surface area contributed by atoms with E-state index in [1.54, 1.807) is 6.92 Å². The quantitative estimate of drug-likeness (QED) is 0.480. The lowest BCUT2D eigenvalue weighted by molar-refractivity contribution is 0.0530. The summed E-state index contributed by atoms with van der Waals surface area (Å²) in [7, 11) is 0. The Hall–Kier alpha value is -1.55. The predicted molar refractivity (Wildman–Crippen MR) is 72.5 cm³/mol. The largest absolute Gasteiger partial charge is 0.462 e. The Kier molecular flexibility index (Phi) is 3.64. The van der Waals surface area contributed by atoms with E-state index in [4.69, 9.17) is 4.74 Å². The van der Waals surface area contributed by atoms with Crippen LogP contribution >= 0.6 is 23.6 Å². The van der Waals surface area contributed by atoms with Crippen LogP contribution in [0.15, 0.2) is 29.3 Å². The molecule has 0 amide bonds. The van der Waals surface area contributed by atoms with Gasteiger partial charge in [-0.25, -0.2) is 4.79 Å². The molecule has 2 aromatic rings. The summed E-state index contributed by atoms with van der Waals surface area (Å²) >= 11 is 5.99. The molecule has 2 rings (SSSR count). The Morgan fingerprint density at radius 2 is 2.29 bits per heavy atom. The molecule has 0 aliphatic carbocycles. The van der Waals surface area contributed by atoms with Crippen LogP contribution in [0, 0.1) is 0 Å². The summed E-state index contributed by atoms with van der Waals surface area (Å²) in [5.74, 6) is -0.367. The second-order valence-corrected chi connectivity index (χ2v) is 4.42. The smallest absolute Gasteiger partial charge is 0.341 e. The van der Waals surface area contributed by atoms with Crippen LogP contribution in [0.5, 0.6) is 0 Å². The predicted octanol–water partition coefficient (Wildman–Crippen LogP) is 3.81. The molecule has 5 heteroatoms. The standard InChI is InChI=1S/C12H9NO2S2/c1-2-15-12(14)10-8-5-3-4-6-9(8)17-11(10)13-7-16/h3-6H,2H2,1H3. The fourth-order valence-electron chi connectivity index (χ4n) is 1.55. The van der Waals surface area contributed by atoms with E-state index in [1.807, 2.05) is 24.3 Å². The molecule has 0 saturated carbocycles. The van der Waals surface area contributed by atoms with Crippen molar-refractivity contribution in [2.24, 2.45) is 4.99 Å². The zero-order valence-electron chi connectivity index (χ0n) is 9.10. The summed E-state index contributed by atoms with van der Waals surface area (Å²) in [6.45, 7) is 2.11. The molecule has 0 radical (unpaired) electrons. The average molecular weight is 263 g/mol. The minimum absolute atomic E-state index is 0.337. The van der Waals surface area contributed by atoms with Crippen molar-refractivity contribution < 1.29 is 9.53 Å². The maximum atomic E-state index is 11.9.